The van der Waals surface area contributed by atoms with E-state index in [1.54, 1.807) is 25.1 Å². The third-order valence-corrected chi connectivity index (χ3v) is 5.31. The fraction of sp³-hybridized carbons (Fsp3) is 0.500. The van der Waals surface area contributed by atoms with Crippen molar-refractivity contribution in [3.63, 3.8) is 0 Å². The van der Waals surface area contributed by atoms with Crippen LogP contribution in [0.3, 0.4) is 0 Å². The molecule has 0 aromatic heterocycles. The summed E-state index contributed by atoms with van der Waals surface area (Å²) < 4.78 is 45.5. The van der Waals surface area contributed by atoms with Gasteiger partial charge in [0.05, 0.1) is 32.0 Å². The molecule has 2 aromatic carbocycles. The van der Waals surface area contributed by atoms with Crippen molar-refractivity contribution in [2.24, 2.45) is 0 Å². The third kappa shape index (κ3) is 5.77. The lowest BCUT2D eigenvalue weighted by Gasteiger charge is -2.29. The van der Waals surface area contributed by atoms with Crippen molar-refractivity contribution in [2.45, 2.75) is 64.8 Å². The van der Waals surface area contributed by atoms with Gasteiger partial charge in [0.1, 0.15) is 0 Å². The number of rotatable bonds is 9. The number of hydrogen-bond acceptors (Lipinski definition) is 3. The monoisotopic (exact) mass is 404 g/mol. The number of halogens is 2. The molecule has 0 saturated carbocycles. The Bertz CT molecular complexity index is 768. The van der Waals surface area contributed by atoms with E-state index in [2.05, 4.69) is 6.92 Å². The zero-order valence-electron chi connectivity index (χ0n) is 17.3. The fourth-order valence-corrected chi connectivity index (χ4v) is 3.59. The van der Waals surface area contributed by atoms with E-state index in [0.29, 0.717) is 24.9 Å². The standard InChI is InChI=1S/C24H30F2O3/c1-3-5-6-19-11-12-20(16-29-19)28-15-17-7-9-18(10-8-17)21-13-14-22(27-4-2)24(26)23(21)25/h7-10,13-14,19-20H,3-6,11-12,15-16H2,1-2H3. The summed E-state index contributed by atoms with van der Waals surface area (Å²) in [6.07, 6.45) is 6.09. The lowest BCUT2D eigenvalue weighted by molar-refractivity contribution is -0.0927. The molecule has 2 unspecified atom stereocenters. The molecule has 0 spiro atoms. The van der Waals surface area contributed by atoms with E-state index in [4.69, 9.17) is 14.2 Å². The van der Waals surface area contributed by atoms with Crippen LogP contribution in [0.2, 0.25) is 0 Å². The minimum atomic E-state index is -0.953. The van der Waals surface area contributed by atoms with Gasteiger partial charge in [-0.25, -0.2) is 4.39 Å². The molecular weight excluding hydrogens is 374 g/mol. The van der Waals surface area contributed by atoms with Crippen molar-refractivity contribution in [3.05, 3.63) is 53.6 Å². The first-order valence-corrected chi connectivity index (χ1v) is 10.6. The van der Waals surface area contributed by atoms with E-state index in [1.165, 1.54) is 18.9 Å². The van der Waals surface area contributed by atoms with Crippen LogP contribution in [0.5, 0.6) is 5.75 Å². The highest BCUT2D eigenvalue weighted by molar-refractivity contribution is 5.65. The molecule has 2 aromatic rings. The molecule has 5 heteroatoms. The highest BCUT2D eigenvalue weighted by Crippen LogP contribution is 2.30. The van der Waals surface area contributed by atoms with Crippen molar-refractivity contribution in [3.8, 4) is 16.9 Å². The average molecular weight is 404 g/mol. The van der Waals surface area contributed by atoms with E-state index in [-0.39, 0.29) is 24.0 Å². The molecule has 2 atom stereocenters. The second kappa shape index (κ2) is 10.7. The maximum atomic E-state index is 14.4. The molecule has 158 valence electrons. The highest BCUT2D eigenvalue weighted by Gasteiger charge is 2.22. The summed E-state index contributed by atoms with van der Waals surface area (Å²) in [5.74, 6) is -1.91. The average Bonchev–Trinajstić information content (AvgIpc) is 2.75. The van der Waals surface area contributed by atoms with Gasteiger partial charge in [-0.1, -0.05) is 44.0 Å². The van der Waals surface area contributed by atoms with Gasteiger partial charge >= 0.3 is 0 Å². The molecule has 0 aliphatic carbocycles. The fourth-order valence-electron chi connectivity index (χ4n) is 3.59. The number of hydrogen-bond donors (Lipinski definition) is 0. The van der Waals surface area contributed by atoms with E-state index in [1.807, 2.05) is 12.1 Å². The SMILES string of the molecule is CCCCC1CCC(OCc2ccc(-c3ccc(OCC)c(F)c3F)cc2)CO1. The van der Waals surface area contributed by atoms with Crippen LogP contribution in [-0.2, 0) is 16.1 Å². The Hall–Kier alpha value is -1.98. The zero-order chi connectivity index (χ0) is 20.6. The molecule has 0 amide bonds. The lowest BCUT2D eigenvalue weighted by atomic mass is 10.0. The van der Waals surface area contributed by atoms with Gasteiger partial charge < -0.3 is 14.2 Å². The van der Waals surface area contributed by atoms with E-state index in [9.17, 15) is 8.78 Å². The first-order chi connectivity index (χ1) is 14.1. The van der Waals surface area contributed by atoms with Crippen molar-refractivity contribution in [1.82, 2.24) is 0 Å². The van der Waals surface area contributed by atoms with Crippen molar-refractivity contribution in [1.29, 1.82) is 0 Å². The van der Waals surface area contributed by atoms with Crippen molar-refractivity contribution in [2.75, 3.05) is 13.2 Å². The Balaban J connectivity index is 1.54. The topological polar surface area (TPSA) is 27.7 Å². The van der Waals surface area contributed by atoms with Gasteiger partial charge in [0.25, 0.3) is 0 Å². The largest absolute Gasteiger partial charge is 0.491 e. The summed E-state index contributed by atoms with van der Waals surface area (Å²) in [6.45, 7) is 5.34. The molecule has 1 aliphatic rings. The van der Waals surface area contributed by atoms with Gasteiger partial charge in [-0.2, -0.15) is 4.39 Å². The van der Waals surface area contributed by atoms with E-state index >= 15 is 0 Å². The summed E-state index contributed by atoms with van der Waals surface area (Å²) in [5.41, 5.74) is 1.83. The lowest BCUT2D eigenvalue weighted by Crippen LogP contribution is -2.31. The number of unbranched alkanes of at least 4 members (excludes halogenated alkanes) is 1. The van der Waals surface area contributed by atoms with Crippen LogP contribution in [0.15, 0.2) is 36.4 Å². The molecule has 0 N–H and O–H groups in total. The Labute approximate surface area is 172 Å². The first kappa shape index (κ1) is 21.7. The summed E-state index contributed by atoms with van der Waals surface area (Å²) >= 11 is 0. The van der Waals surface area contributed by atoms with Gasteiger partial charge in [-0.05, 0) is 49.4 Å². The summed E-state index contributed by atoms with van der Waals surface area (Å²) in [5, 5.41) is 0. The minimum Gasteiger partial charge on any atom is -0.491 e. The molecule has 1 saturated heterocycles. The molecule has 3 nitrogen and oxygen atoms in total. The normalized spacial score (nSPS) is 19.3. The maximum absolute atomic E-state index is 14.4. The maximum Gasteiger partial charge on any atom is 0.201 e. The summed E-state index contributed by atoms with van der Waals surface area (Å²) in [7, 11) is 0. The van der Waals surface area contributed by atoms with Crippen LogP contribution in [0, 0.1) is 11.6 Å². The quantitative estimate of drug-likeness (QED) is 0.492. The molecule has 29 heavy (non-hydrogen) atoms. The molecular formula is C24H30F2O3. The number of ether oxygens (including phenoxy) is 3. The van der Waals surface area contributed by atoms with Crippen molar-refractivity contribution < 1.29 is 23.0 Å². The van der Waals surface area contributed by atoms with Crippen LogP contribution < -0.4 is 4.74 Å². The molecule has 1 fully saturated rings. The second-order valence-electron chi connectivity index (χ2n) is 7.48. The minimum absolute atomic E-state index is 0.0644. The van der Waals surface area contributed by atoms with E-state index in [0.717, 1.165) is 24.8 Å². The van der Waals surface area contributed by atoms with Gasteiger partial charge in [-0.15, -0.1) is 0 Å². The van der Waals surface area contributed by atoms with Crippen LogP contribution in [-0.4, -0.2) is 25.4 Å². The summed E-state index contributed by atoms with van der Waals surface area (Å²) in [4.78, 5) is 0. The predicted molar refractivity (Wildman–Crippen MR) is 110 cm³/mol. The van der Waals surface area contributed by atoms with E-state index < -0.39 is 11.6 Å². The van der Waals surface area contributed by atoms with Gasteiger partial charge in [-0.3, -0.25) is 0 Å². The Morgan fingerprint density at radius 3 is 2.45 bits per heavy atom. The predicted octanol–water partition coefficient (Wildman–Crippen LogP) is 6.28. The zero-order valence-corrected chi connectivity index (χ0v) is 17.3. The summed E-state index contributed by atoms with van der Waals surface area (Å²) in [6, 6.07) is 10.4. The van der Waals surface area contributed by atoms with Gasteiger partial charge in [0, 0.05) is 5.56 Å². The van der Waals surface area contributed by atoms with Crippen LogP contribution in [0.4, 0.5) is 8.78 Å². The molecule has 1 heterocycles. The number of benzene rings is 2. The second-order valence-corrected chi connectivity index (χ2v) is 7.48. The Kier molecular flexibility index (Phi) is 8.01. The molecule has 0 bridgehead atoms. The van der Waals surface area contributed by atoms with Crippen molar-refractivity contribution >= 4 is 0 Å². The molecule has 0 radical (unpaired) electrons. The Morgan fingerprint density at radius 2 is 1.79 bits per heavy atom. The van der Waals surface area contributed by atoms with Crippen LogP contribution in [0.1, 0.15) is 51.5 Å². The molecule has 1 aliphatic heterocycles. The van der Waals surface area contributed by atoms with Gasteiger partial charge in [0.15, 0.2) is 11.6 Å². The Morgan fingerprint density at radius 1 is 1.00 bits per heavy atom. The third-order valence-electron chi connectivity index (χ3n) is 5.31. The highest BCUT2D eigenvalue weighted by atomic mass is 19.2. The van der Waals surface area contributed by atoms with Crippen LogP contribution >= 0.6 is 0 Å². The first-order valence-electron chi connectivity index (χ1n) is 10.6. The van der Waals surface area contributed by atoms with Crippen LogP contribution in [0.25, 0.3) is 11.1 Å². The smallest absolute Gasteiger partial charge is 0.201 e. The molecule has 3 rings (SSSR count). The van der Waals surface area contributed by atoms with Gasteiger partial charge in [0.2, 0.25) is 5.82 Å².